The Morgan fingerprint density at radius 3 is 2.09 bits per heavy atom. The van der Waals surface area contributed by atoms with Crippen molar-refractivity contribution in [3.8, 4) is 0 Å². The van der Waals surface area contributed by atoms with Crippen molar-refractivity contribution >= 4 is 50.6 Å². The SMILES string of the molecule is O=C1C(Cl)=C(c2ccc(F)cc2)C(=O)N1c1ccc(Br)cc1. The zero-order chi connectivity index (χ0) is 15.9. The highest BCUT2D eigenvalue weighted by Crippen LogP contribution is 2.35. The Labute approximate surface area is 139 Å². The molecule has 0 spiro atoms. The fraction of sp³-hybridized carbons (Fsp3) is 0. The standard InChI is InChI=1S/C16H8BrClFNO2/c17-10-3-7-12(8-4-10)20-15(21)13(14(18)16(20)22)9-1-5-11(19)6-2-9/h1-8H. The average Bonchev–Trinajstić information content (AvgIpc) is 2.72. The van der Waals surface area contributed by atoms with Crippen molar-refractivity contribution in [3.05, 3.63) is 69.4 Å². The molecule has 1 heterocycles. The maximum atomic E-state index is 13.0. The zero-order valence-corrected chi connectivity index (χ0v) is 13.4. The zero-order valence-electron chi connectivity index (χ0n) is 11.0. The Bertz CT molecular complexity index is 800. The van der Waals surface area contributed by atoms with Gasteiger partial charge in [-0.25, -0.2) is 9.29 Å². The smallest absolute Gasteiger partial charge is 0.268 e. The molecule has 2 aromatic rings. The molecule has 0 saturated heterocycles. The lowest BCUT2D eigenvalue weighted by molar-refractivity contribution is -0.119. The molecule has 0 bridgehead atoms. The fourth-order valence-corrected chi connectivity index (χ4v) is 2.73. The minimum absolute atomic E-state index is 0.0783. The van der Waals surface area contributed by atoms with Crippen LogP contribution < -0.4 is 4.90 Å². The molecule has 0 aromatic heterocycles. The molecule has 0 fully saturated rings. The Morgan fingerprint density at radius 1 is 0.909 bits per heavy atom. The summed E-state index contributed by atoms with van der Waals surface area (Å²) in [6.07, 6.45) is 0. The van der Waals surface area contributed by atoms with E-state index < -0.39 is 17.6 Å². The van der Waals surface area contributed by atoms with Gasteiger partial charge < -0.3 is 0 Å². The molecule has 6 heteroatoms. The monoisotopic (exact) mass is 379 g/mol. The first-order valence-corrected chi connectivity index (χ1v) is 7.46. The molecule has 0 radical (unpaired) electrons. The molecule has 3 nitrogen and oxygen atoms in total. The van der Waals surface area contributed by atoms with Gasteiger partial charge in [-0.1, -0.05) is 39.7 Å². The van der Waals surface area contributed by atoms with Gasteiger partial charge in [0.2, 0.25) is 0 Å². The van der Waals surface area contributed by atoms with Crippen molar-refractivity contribution in [1.29, 1.82) is 0 Å². The molecule has 1 aliphatic rings. The van der Waals surface area contributed by atoms with Crippen molar-refractivity contribution in [1.82, 2.24) is 0 Å². The van der Waals surface area contributed by atoms with Gasteiger partial charge in [-0.2, -0.15) is 0 Å². The summed E-state index contributed by atoms with van der Waals surface area (Å²) in [5, 5.41) is -0.167. The van der Waals surface area contributed by atoms with E-state index in [1.54, 1.807) is 24.3 Å². The van der Waals surface area contributed by atoms with E-state index in [-0.39, 0.29) is 10.6 Å². The maximum Gasteiger partial charge on any atom is 0.277 e. The van der Waals surface area contributed by atoms with Crippen LogP contribution in [0.1, 0.15) is 5.56 Å². The average molecular weight is 381 g/mol. The first kappa shape index (κ1) is 14.9. The Balaban J connectivity index is 2.03. The van der Waals surface area contributed by atoms with Crippen LogP contribution in [0.15, 0.2) is 58.0 Å². The summed E-state index contributed by atoms with van der Waals surface area (Å²) in [7, 11) is 0. The third kappa shape index (κ3) is 2.46. The van der Waals surface area contributed by atoms with Crippen LogP contribution >= 0.6 is 27.5 Å². The number of benzene rings is 2. The topological polar surface area (TPSA) is 37.4 Å². The molecule has 2 aromatic carbocycles. The second kappa shape index (κ2) is 5.66. The van der Waals surface area contributed by atoms with E-state index in [9.17, 15) is 14.0 Å². The molecule has 22 heavy (non-hydrogen) atoms. The van der Waals surface area contributed by atoms with Gasteiger partial charge in [0.25, 0.3) is 11.8 Å². The van der Waals surface area contributed by atoms with Gasteiger partial charge in [0.1, 0.15) is 10.8 Å². The van der Waals surface area contributed by atoms with Gasteiger partial charge in [-0.05, 0) is 42.0 Å². The first-order chi connectivity index (χ1) is 10.5. The summed E-state index contributed by atoms with van der Waals surface area (Å²) in [5.74, 6) is -1.54. The van der Waals surface area contributed by atoms with Crippen LogP contribution in [0.25, 0.3) is 5.57 Å². The normalized spacial score (nSPS) is 15.0. The molecule has 3 rings (SSSR count). The second-order valence-corrected chi connectivity index (χ2v) is 5.91. The Kier molecular flexibility index (Phi) is 3.85. The largest absolute Gasteiger partial charge is 0.277 e. The van der Waals surface area contributed by atoms with Gasteiger partial charge in [0.05, 0.1) is 11.3 Å². The molecule has 0 aliphatic carbocycles. The number of halogens is 3. The molecule has 0 N–H and O–H groups in total. The molecule has 0 saturated carbocycles. The van der Waals surface area contributed by atoms with Crippen molar-refractivity contribution in [3.63, 3.8) is 0 Å². The van der Waals surface area contributed by atoms with Gasteiger partial charge in [-0.15, -0.1) is 0 Å². The van der Waals surface area contributed by atoms with Crippen molar-refractivity contribution in [2.24, 2.45) is 0 Å². The number of imide groups is 1. The van der Waals surface area contributed by atoms with Crippen LogP contribution in [0, 0.1) is 5.82 Å². The van der Waals surface area contributed by atoms with Gasteiger partial charge in [0.15, 0.2) is 0 Å². The minimum atomic E-state index is -0.590. The summed E-state index contributed by atoms with van der Waals surface area (Å²) in [6.45, 7) is 0. The number of hydrogen-bond donors (Lipinski definition) is 0. The van der Waals surface area contributed by atoms with E-state index in [1.165, 1.54) is 24.3 Å². The molecular formula is C16H8BrClFNO2. The van der Waals surface area contributed by atoms with E-state index in [0.29, 0.717) is 11.3 Å². The molecule has 0 atom stereocenters. The van der Waals surface area contributed by atoms with E-state index >= 15 is 0 Å². The maximum absolute atomic E-state index is 13.0. The van der Waals surface area contributed by atoms with E-state index in [0.717, 1.165) is 9.37 Å². The predicted molar refractivity (Wildman–Crippen MR) is 85.8 cm³/mol. The van der Waals surface area contributed by atoms with Gasteiger partial charge in [0, 0.05) is 4.47 Å². The summed E-state index contributed by atoms with van der Waals surface area (Å²) < 4.78 is 13.8. The lowest BCUT2D eigenvalue weighted by Crippen LogP contribution is -2.31. The van der Waals surface area contributed by atoms with Crippen LogP contribution in [-0.2, 0) is 9.59 Å². The summed E-state index contributed by atoms with van der Waals surface area (Å²) in [5.41, 5.74) is 0.910. The summed E-state index contributed by atoms with van der Waals surface area (Å²) >= 11 is 9.33. The van der Waals surface area contributed by atoms with E-state index in [2.05, 4.69) is 15.9 Å². The highest BCUT2D eigenvalue weighted by molar-refractivity contribution is 9.10. The predicted octanol–water partition coefficient (Wildman–Crippen LogP) is 4.11. The Hall–Kier alpha value is -1.98. The van der Waals surface area contributed by atoms with Gasteiger partial charge >= 0.3 is 0 Å². The van der Waals surface area contributed by atoms with Gasteiger partial charge in [-0.3, -0.25) is 9.59 Å². The van der Waals surface area contributed by atoms with Crippen molar-refractivity contribution in [2.75, 3.05) is 4.90 Å². The third-order valence-electron chi connectivity index (χ3n) is 3.25. The van der Waals surface area contributed by atoms with Crippen molar-refractivity contribution < 1.29 is 14.0 Å². The number of anilines is 1. The van der Waals surface area contributed by atoms with Crippen LogP contribution in [0.5, 0.6) is 0 Å². The highest BCUT2D eigenvalue weighted by Gasteiger charge is 2.39. The molecular weight excluding hydrogens is 373 g/mol. The second-order valence-electron chi connectivity index (χ2n) is 4.62. The first-order valence-electron chi connectivity index (χ1n) is 6.29. The van der Waals surface area contributed by atoms with E-state index in [1.807, 2.05) is 0 Å². The summed E-state index contributed by atoms with van der Waals surface area (Å²) in [6, 6.07) is 12.0. The number of carbonyl (C=O) groups excluding carboxylic acids is 2. The molecule has 1 aliphatic heterocycles. The third-order valence-corrected chi connectivity index (χ3v) is 4.12. The number of hydrogen-bond acceptors (Lipinski definition) is 2. The summed E-state index contributed by atoms with van der Waals surface area (Å²) in [4.78, 5) is 25.8. The molecule has 110 valence electrons. The van der Waals surface area contributed by atoms with Crippen LogP contribution in [0.4, 0.5) is 10.1 Å². The lowest BCUT2D eigenvalue weighted by Gasteiger charge is -2.14. The fourth-order valence-electron chi connectivity index (χ4n) is 2.19. The molecule has 0 unspecified atom stereocenters. The lowest BCUT2D eigenvalue weighted by atomic mass is 10.1. The number of carbonyl (C=O) groups is 2. The van der Waals surface area contributed by atoms with Crippen LogP contribution in [-0.4, -0.2) is 11.8 Å². The van der Waals surface area contributed by atoms with E-state index in [4.69, 9.17) is 11.6 Å². The van der Waals surface area contributed by atoms with Crippen molar-refractivity contribution in [2.45, 2.75) is 0 Å². The molecule has 2 amide bonds. The number of nitrogens with zero attached hydrogens (tertiary/aromatic N) is 1. The Morgan fingerprint density at radius 2 is 1.50 bits per heavy atom. The number of rotatable bonds is 2. The van der Waals surface area contributed by atoms with Crippen LogP contribution in [0.3, 0.4) is 0 Å². The quantitative estimate of drug-likeness (QED) is 0.735. The highest BCUT2D eigenvalue weighted by atomic mass is 79.9. The number of amides is 2. The minimum Gasteiger partial charge on any atom is -0.268 e. The van der Waals surface area contributed by atoms with Crippen LogP contribution in [0.2, 0.25) is 0 Å².